The summed E-state index contributed by atoms with van der Waals surface area (Å²) in [7, 11) is -3.69. The van der Waals surface area contributed by atoms with Crippen molar-refractivity contribution in [3.05, 3.63) is 53.1 Å². The van der Waals surface area contributed by atoms with Gasteiger partial charge in [0.2, 0.25) is 10.0 Å². The fraction of sp³-hybridized carbons (Fsp3) is 0.429. The number of hydrogen-bond donors (Lipinski definition) is 0. The number of nitriles is 1. The highest BCUT2D eigenvalue weighted by Crippen LogP contribution is 2.28. The van der Waals surface area contributed by atoms with E-state index in [4.69, 9.17) is 0 Å². The Morgan fingerprint density at radius 2 is 1.79 bits per heavy atom. The number of sulfonamides is 1. The van der Waals surface area contributed by atoms with Gasteiger partial charge in [0.15, 0.2) is 17.5 Å². The van der Waals surface area contributed by atoms with Gasteiger partial charge in [-0.2, -0.15) is 9.57 Å². The van der Waals surface area contributed by atoms with Crippen LogP contribution in [0, 0.1) is 38.0 Å². The third kappa shape index (κ3) is 4.52. The van der Waals surface area contributed by atoms with E-state index in [0.717, 1.165) is 5.56 Å². The number of aromatic nitrogens is 2. The molecule has 0 amide bonds. The molecule has 7 nitrogen and oxygen atoms in total. The van der Waals surface area contributed by atoms with Crippen molar-refractivity contribution < 1.29 is 13.2 Å². The Hall–Kier alpha value is -2.63. The highest BCUT2D eigenvalue weighted by atomic mass is 32.2. The fourth-order valence-corrected chi connectivity index (χ4v) is 5.14. The number of Topliss-reactive ketones (excluding diaryl/α,β-unsaturated/α-hetero) is 1. The molecule has 1 fully saturated rings. The van der Waals surface area contributed by atoms with Crippen LogP contribution in [-0.4, -0.2) is 41.6 Å². The number of hydrogen-bond acceptors (Lipinski definition) is 6. The second-order valence-corrected chi connectivity index (χ2v) is 9.43. The van der Waals surface area contributed by atoms with E-state index < -0.39 is 21.9 Å². The van der Waals surface area contributed by atoms with Crippen LogP contribution in [0.25, 0.3) is 0 Å². The second-order valence-electron chi connectivity index (χ2n) is 7.49. The van der Waals surface area contributed by atoms with Crippen LogP contribution in [0.4, 0.5) is 0 Å². The Morgan fingerprint density at radius 3 is 2.38 bits per heavy atom. The molecule has 2 heterocycles. The van der Waals surface area contributed by atoms with Crippen molar-refractivity contribution in [3.8, 4) is 6.07 Å². The first-order valence-corrected chi connectivity index (χ1v) is 11.0. The Balaban J connectivity index is 1.83. The topological polar surface area (TPSA) is 104 Å². The predicted molar refractivity (Wildman–Crippen MR) is 108 cm³/mol. The molecule has 0 saturated carbocycles. The number of nitrogens with zero attached hydrogens (tertiary/aromatic N) is 4. The van der Waals surface area contributed by atoms with E-state index in [9.17, 15) is 18.5 Å². The van der Waals surface area contributed by atoms with Crippen molar-refractivity contribution in [1.82, 2.24) is 14.3 Å². The molecule has 0 radical (unpaired) electrons. The van der Waals surface area contributed by atoms with E-state index in [2.05, 4.69) is 9.97 Å². The molecule has 8 heteroatoms. The number of aryl methyl sites for hydroxylation is 3. The maximum Gasteiger partial charge on any atom is 0.243 e. The lowest BCUT2D eigenvalue weighted by Gasteiger charge is -2.31. The average molecular weight is 413 g/mol. The summed E-state index contributed by atoms with van der Waals surface area (Å²) < 4.78 is 27.3. The van der Waals surface area contributed by atoms with Gasteiger partial charge < -0.3 is 0 Å². The molecule has 1 aliphatic heterocycles. The zero-order chi connectivity index (χ0) is 21.2. The van der Waals surface area contributed by atoms with E-state index >= 15 is 0 Å². The molecule has 1 aromatic heterocycles. The minimum atomic E-state index is -3.69. The molecule has 1 aliphatic rings. The molecule has 1 aromatic carbocycles. The molecule has 0 bridgehead atoms. The first-order chi connectivity index (χ1) is 13.7. The van der Waals surface area contributed by atoms with E-state index in [1.165, 1.54) is 4.31 Å². The van der Waals surface area contributed by atoms with Crippen LogP contribution < -0.4 is 0 Å². The van der Waals surface area contributed by atoms with Gasteiger partial charge in [-0.05, 0) is 51.8 Å². The highest BCUT2D eigenvalue weighted by molar-refractivity contribution is 7.89. The van der Waals surface area contributed by atoms with Crippen molar-refractivity contribution >= 4 is 15.8 Å². The third-order valence-electron chi connectivity index (χ3n) is 5.12. The zero-order valence-corrected chi connectivity index (χ0v) is 17.6. The molecule has 0 aliphatic carbocycles. The van der Waals surface area contributed by atoms with Crippen molar-refractivity contribution in [2.45, 2.75) is 44.4 Å². The lowest BCUT2D eigenvalue weighted by molar-refractivity contribution is -0.124. The summed E-state index contributed by atoms with van der Waals surface area (Å²) in [6.45, 7) is 5.89. The minimum absolute atomic E-state index is 0.0675. The predicted octanol–water partition coefficient (Wildman–Crippen LogP) is 2.68. The number of ketones is 1. The van der Waals surface area contributed by atoms with Crippen molar-refractivity contribution in [1.29, 1.82) is 5.26 Å². The SMILES string of the molecule is Cc1ccc(S(=O)(=O)N2CCCC(C(=O)C(C#N)c3nc(C)cc(C)n3)C2)cc1. The van der Waals surface area contributed by atoms with Crippen molar-refractivity contribution in [2.24, 2.45) is 5.92 Å². The first-order valence-electron chi connectivity index (χ1n) is 9.54. The Kier molecular flexibility index (Phi) is 6.10. The van der Waals surface area contributed by atoms with E-state index in [-0.39, 0.29) is 23.0 Å². The van der Waals surface area contributed by atoms with Crippen LogP contribution in [0.15, 0.2) is 35.2 Å². The lowest BCUT2D eigenvalue weighted by Crippen LogP contribution is -2.43. The fourth-order valence-electron chi connectivity index (χ4n) is 3.62. The first kappa shape index (κ1) is 21.1. The molecule has 2 unspecified atom stereocenters. The molecule has 152 valence electrons. The van der Waals surface area contributed by atoms with Gasteiger partial charge in [-0.3, -0.25) is 4.79 Å². The van der Waals surface area contributed by atoms with Gasteiger partial charge in [0.05, 0.1) is 11.0 Å². The number of carbonyl (C=O) groups is 1. The van der Waals surface area contributed by atoms with Gasteiger partial charge in [0, 0.05) is 30.4 Å². The van der Waals surface area contributed by atoms with Crippen LogP contribution in [0.3, 0.4) is 0 Å². The molecule has 3 rings (SSSR count). The molecular weight excluding hydrogens is 388 g/mol. The van der Waals surface area contributed by atoms with Gasteiger partial charge in [0.25, 0.3) is 0 Å². The number of rotatable bonds is 5. The minimum Gasteiger partial charge on any atom is -0.297 e. The molecule has 1 saturated heterocycles. The van der Waals surface area contributed by atoms with Crippen LogP contribution in [-0.2, 0) is 14.8 Å². The lowest BCUT2D eigenvalue weighted by atomic mass is 9.87. The normalized spacial score (nSPS) is 18.8. The summed E-state index contributed by atoms with van der Waals surface area (Å²) in [5, 5.41) is 9.61. The van der Waals surface area contributed by atoms with Crippen LogP contribution in [0.2, 0.25) is 0 Å². The molecule has 0 N–H and O–H groups in total. The Labute approximate surface area is 171 Å². The summed E-state index contributed by atoms with van der Waals surface area (Å²) in [4.78, 5) is 21.8. The number of carbonyl (C=O) groups excluding carboxylic acids is 1. The Morgan fingerprint density at radius 1 is 1.17 bits per heavy atom. The molecule has 29 heavy (non-hydrogen) atoms. The monoisotopic (exact) mass is 412 g/mol. The van der Waals surface area contributed by atoms with Gasteiger partial charge in [-0.25, -0.2) is 18.4 Å². The second kappa shape index (κ2) is 8.39. The maximum atomic E-state index is 13.1. The maximum absolute atomic E-state index is 13.1. The third-order valence-corrected chi connectivity index (χ3v) is 7.00. The Bertz CT molecular complexity index is 1040. The van der Waals surface area contributed by atoms with E-state index in [1.54, 1.807) is 44.2 Å². The summed E-state index contributed by atoms with van der Waals surface area (Å²) in [5.41, 5.74) is 2.35. The number of piperidine rings is 1. The van der Waals surface area contributed by atoms with E-state index in [0.29, 0.717) is 30.8 Å². The highest BCUT2D eigenvalue weighted by Gasteiger charge is 2.37. The summed E-state index contributed by atoms with van der Waals surface area (Å²) in [5.74, 6) is -1.78. The van der Waals surface area contributed by atoms with Gasteiger partial charge >= 0.3 is 0 Å². The smallest absolute Gasteiger partial charge is 0.243 e. The molecule has 2 aromatic rings. The van der Waals surface area contributed by atoms with Crippen LogP contribution in [0.1, 0.15) is 41.5 Å². The average Bonchev–Trinajstić information content (AvgIpc) is 2.68. The zero-order valence-electron chi connectivity index (χ0n) is 16.8. The van der Waals surface area contributed by atoms with Crippen LogP contribution >= 0.6 is 0 Å². The summed E-state index contributed by atoms with van der Waals surface area (Å²) in [6.07, 6.45) is 1.11. The van der Waals surface area contributed by atoms with Crippen LogP contribution in [0.5, 0.6) is 0 Å². The van der Waals surface area contributed by atoms with Gasteiger partial charge in [-0.15, -0.1) is 0 Å². The summed E-state index contributed by atoms with van der Waals surface area (Å²) >= 11 is 0. The van der Waals surface area contributed by atoms with Crippen molar-refractivity contribution in [2.75, 3.05) is 13.1 Å². The summed E-state index contributed by atoms with van der Waals surface area (Å²) in [6, 6.07) is 10.5. The molecular formula is C21H24N4O3S. The molecule has 2 atom stereocenters. The van der Waals surface area contributed by atoms with Gasteiger partial charge in [-0.1, -0.05) is 17.7 Å². The van der Waals surface area contributed by atoms with Gasteiger partial charge in [0.1, 0.15) is 0 Å². The largest absolute Gasteiger partial charge is 0.297 e. The van der Waals surface area contributed by atoms with E-state index in [1.807, 2.05) is 13.0 Å². The molecule has 0 spiro atoms. The quantitative estimate of drug-likeness (QED) is 0.748. The standard InChI is InChI=1S/C21H24N4O3S/c1-14-6-8-18(9-7-14)29(27,28)25-10-4-5-17(13-25)20(26)19(12-22)21-23-15(2)11-16(3)24-21/h6-9,11,17,19H,4-5,10,13H2,1-3H3. The van der Waals surface area contributed by atoms with Crippen molar-refractivity contribution in [3.63, 3.8) is 0 Å². The number of benzene rings is 1.